The fourth-order valence-electron chi connectivity index (χ4n) is 2.88. The lowest BCUT2D eigenvalue weighted by Gasteiger charge is -2.39. The molecule has 24 heavy (non-hydrogen) atoms. The summed E-state index contributed by atoms with van der Waals surface area (Å²) in [5.41, 5.74) is 0.142. The van der Waals surface area contributed by atoms with Gasteiger partial charge in [0.1, 0.15) is 17.2 Å². The van der Waals surface area contributed by atoms with Crippen LogP contribution in [0.1, 0.15) is 24.2 Å². The van der Waals surface area contributed by atoms with E-state index in [4.69, 9.17) is 0 Å². The monoisotopic (exact) mass is 331 g/mol. The quantitative estimate of drug-likeness (QED) is 0.820. The van der Waals surface area contributed by atoms with Gasteiger partial charge in [-0.2, -0.15) is 0 Å². The van der Waals surface area contributed by atoms with Crippen molar-refractivity contribution in [2.75, 3.05) is 24.5 Å². The molecule has 1 saturated heterocycles. The van der Waals surface area contributed by atoms with E-state index < -0.39 is 5.60 Å². The number of aliphatic hydroxyl groups is 1. The molecular formula is C16H21N5O3. The average Bonchev–Trinajstić information content (AvgIpc) is 2.99. The van der Waals surface area contributed by atoms with Crippen molar-refractivity contribution in [3.8, 4) is 0 Å². The Bertz CT molecular complexity index is 690. The van der Waals surface area contributed by atoms with Crippen LogP contribution < -0.4 is 10.2 Å². The van der Waals surface area contributed by atoms with Gasteiger partial charge in [0, 0.05) is 25.8 Å². The van der Waals surface area contributed by atoms with E-state index in [2.05, 4.69) is 25.2 Å². The van der Waals surface area contributed by atoms with Crippen molar-refractivity contribution >= 4 is 11.7 Å². The van der Waals surface area contributed by atoms with Crippen molar-refractivity contribution in [2.45, 2.75) is 31.8 Å². The SMILES string of the molecule is Cc1nonc1CC(=O)NCC1(O)CCCN(c2ccccn2)C1. The molecule has 2 N–H and O–H groups in total. The predicted molar refractivity (Wildman–Crippen MR) is 86.4 cm³/mol. The molecule has 0 saturated carbocycles. The van der Waals surface area contributed by atoms with Crippen molar-refractivity contribution in [2.24, 2.45) is 0 Å². The fraction of sp³-hybridized carbons (Fsp3) is 0.500. The highest BCUT2D eigenvalue weighted by molar-refractivity contribution is 5.78. The van der Waals surface area contributed by atoms with Crippen LogP contribution in [0.2, 0.25) is 0 Å². The van der Waals surface area contributed by atoms with E-state index in [0.29, 0.717) is 24.4 Å². The molecule has 2 aromatic heterocycles. The molecule has 1 atom stereocenters. The minimum atomic E-state index is -0.970. The van der Waals surface area contributed by atoms with E-state index >= 15 is 0 Å². The Morgan fingerprint density at radius 3 is 3.04 bits per heavy atom. The highest BCUT2D eigenvalue weighted by Gasteiger charge is 2.34. The number of β-amino-alcohol motifs (C(OH)–C–C–N with tert-alkyl or cyclic N) is 1. The minimum Gasteiger partial charge on any atom is -0.386 e. The van der Waals surface area contributed by atoms with Crippen molar-refractivity contribution in [1.29, 1.82) is 0 Å². The van der Waals surface area contributed by atoms with Crippen LogP contribution in [0.15, 0.2) is 29.0 Å². The van der Waals surface area contributed by atoms with Gasteiger partial charge < -0.3 is 15.3 Å². The molecule has 1 fully saturated rings. The molecule has 128 valence electrons. The molecule has 1 aliphatic heterocycles. The van der Waals surface area contributed by atoms with Gasteiger partial charge in [0.15, 0.2) is 0 Å². The molecule has 8 nitrogen and oxygen atoms in total. The zero-order chi connectivity index (χ0) is 17.0. The summed E-state index contributed by atoms with van der Waals surface area (Å²) in [6.07, 6.45) is 3.31. The van der Waals surface area contributed by atoms with Crippen LogP contribution in [0.25, 0.3) is 0 Å². The highest BCUT2D eigenvalue weighted by atomic mass is 16.6. The molecule has 3 heterocycles. The second-order valence-corrected chi connectivity index (χ2v) is 6.19. The number of anilines is 1. The maximum absolute atomic E-state index is 12.0. The summed E-state index contributed by atoms with van der Waals surface area (Å²) >= 11 is 0. The van der Waals surface area contributed by atoms with Gasteiger partial charge in [-0.25, -0.2) is 9.61 Å². The number of hydrogen-bond donors (Lipinski definition) is 2. The first kappa shape index (κ1) is 16.4. The Balaban J connectivity index is 1.55. The Kier molecular flexibility index (Phi) is 4.75. The number of nitrogens with one attached hydrogen (secondary N) is 1. The first-order valence-corrected chi connectivity index (χ1v) is 7.99. The first-order valence-electron chi connectivity index (χ1n) is 7.99. The van der Waals surface area contributed by atoms with E-state index in [9.17, 15) is 9.90 Å². The number of nitrogens with zero attached hydrogens (tertiary/aromatic N) is 4. The number of carbonyl (C=O) groups excluding carboxylic acids is 1. The van der Waals surface area contributed by atoms with Gasteiger partial charge >= 0.3 is 0 Å². The third-order valence-corrected chi connectivity index (χ3v) is 4.22. The predicted octanol–water partition coefficient (Wildman–Crippen LogP) is 0.463. The van der Waals surface area contributed by atoms with Crippen molar-refractivity contribution in [3.05, 3.63) is 35.8 Å². The summed E-state index contributed by atoms with van der Waals surface area (Å²) in [5.74, 6) is 0.628. The van der Waals surface area contributed by atoms with Gasteiger partial charge in [0.05, 0.1) is 12.0 Å². The van der Waals surface area contributed by atoms with Crippen LogP contribution in [0.3, 0.4) is 0 Å². The zero-order valence-corrected chi connectivity index (χ0v) is 13.6. The third-order valence-electron chi connectivity index (χ3n) is 4.22. The molecule has 0 radical (unpaired) electrons. The van der Waals surface area contributed by atoms with E-state index in [1.165, 1.54) is 0 Å². The number of aromatic nitrogens is 3. The molecule has 8 heteroatoms. The normalized spacial score (nSPS) is 20.8. The Labute approximate surface area is 139 Å². The number of piperidine rings is 1. The maximum atomic E-state index is 12.0. The van der Waals surface area contributed by atoms with Gasteiger partial charge in [0.25, 0.3) is 0 Å². The fourth-order valence-corrected chi connectivity index (χ4v) is 2.88. The molecule has 1 unspecified atom stereocenters. The van der Waals surface area contributed by atoms with Crippen molar-refractivity contribution < 1.29 is 14.5 Å². The van der Waals surface area contributed by atoms with Gasteiger partial charge in [0.2, 0.25) is 5.91 Å². The van der Waals surface area contributed by atoms with Crippen LogP contribution in [0.5, 0.6) is 0 Å². The molecule has 0 aromatic carbocycles. The van der Waals surface area contributed by atoms with Crippen molar-refractivity contribution in [3.63, 3.8) is 0 Å². The molecule has 2 aromatic rings. The number of hydrogen-bond acceptors (Lipinski definition) is 7. The van der Waals surface area contributed by atoms with Crippen LogP contribution in [0, 0.1) is 6.92 Å². The first-order chi connectivity index (χ1) is 11.6. The summed E-state index contributed by atoms with van der Waals surface area (Å²) in [6.45, 7) is 3.21. The van der Waals surface area contributed by atoms with Crippen LogP contribution >= 0.6 is 0 Å². The smallest absolute Gasteiger partial charge is 0.226 e. The lowest BCUT2D eigenvalue weighted by atomic mass is 9.92. The standard InChI is InChI=1S/C16H21N5O3/c1-12-13(20-24-19-12)9-15(22)18-10-16(23)6-4-8-21(11-16)14-5-2-3-7-17-14/h2-3,5,7,23H,4,6,8-11H2,1H3,(H,18,22). The molecule has 0 aliphatic carbocycles. The second-order valence-electron chi connectivity index (χ2n) is 6.19. The number of rotatable bonds is 5. The summed E-state index contributed by atoms with van der Waals surface area (Å²) in [4.78, 5) is 18.4. The summed E-state index contributed by atoms with van der Waals surface area (Å²) in [5, 5.41) is 20.9. The zero-order valence-electron chi connectivity index (χ0n) is 13.6. The van der Waals surface area contributed by atoms with Crippen LogP contribution in [-0.4, -0.2) is 51.5 Å². The summed E-state index contributed by atoms with van der Waals surface area (Å²) < 4.78 is 4.58. The minimum absolute atomic E-state index is 0.0926. The summed E-state index contributed by atoms with van der Waals surface area (Å²) in [7, 11) is 0. The molecule has 0 bridgehead atoms. The molecule has 1 amide bonds. The summed E-state index contributed by atoms with van der Waals surface area (Å²) in [6, 6.07) is 5.71. The molecule has 1 aliphatic rings. The van der Waals surface area contributed by atoms with Crippen molar-refractivity contribution in [1.82, 2.24) is 20.6 Å². The number of carbonyl (C=O) groups is 1. The largest absolute Gasteiger partial charge is 0.386 e. The lowest BCUT2D eigenvalue weighted by molar-refractivity contribution is -0.121. The number of pyridine rings is 1. The van der Waals surface area contributed by atoms with Crippen LogP contribution in [0.4, 0.5) is 5.82 Å². The molecule has 0 spiro atoms. The molecular weight excluding hydrogens is 310 g/mol. The highest BCUT2D eigenvalue weighted by Crippen LogP contribution is 2.24. The van der Waals surface area contributed by atoms with Gasteiger partial charge in [-0.15, -0.1) is 0 Å². The van der Waals surface area contributed by atoms with Crippen LogP contribution in [-0.2, 0) is 11.2 Å². The third kappa shape index (κ3) is 3.88. The second kappa shape index (κ2) is 6.96. The van der Waals surface area contributed by atoms with E-state index in [1.807, 2.05) is 23.1 Å². The van der Waals surface area contributed by atoms with E-state index in [-0.39, 0.29) is 18.9 Å². The van der Waals surface area contributed by atoms with Gasteiger partial charge in [-0.05, 0) is 31.9 Å². The lowest BCUT2D eigenvalue weighted by Crippen LogP contribution is -2.54. The topological polar surface area (TPSA) is 104 Å². The number of aryl methyl sites for hydroxylation is 1. The van der Waals surface area contributed by atoms with Gasteiger partial charge in [-0.1, -0.05) is 16.4 Å². The maximum Gasteiger partial charge on any atom is 0.226 e. The average molecular weight is 331 g/mol. The Hall–Kier alpha value is -2.48. The number of amides is 1. The Morgan fingerprint density at radius 2 is 2.33 bits per heavy atom. The Morgan fingerprint density at radius 1 is 1.46 bits per heavy atom. The van der Waals surface area contributed by atoms with Gasteiger partial charge in [-0.3, -0.25) is 4.79 Å². The molecule has 3 rings (SSSR count). The van der Waals surface area contributed by atoms with E-state index in [0.717, 1.165) is 18.8 Å². The van der Waals surface area contributed by atoms with E-state index in [1.54, 1.807) is 13.1 Å².